The number of hydrogen-bond donors (Lipinski definition) is 1. The van der Waals surface area contributed by atoms with Crippen LogP contribution in [0.15, 0.2) is 0 Å². The van der Waals surface area contributed by atoms with Crippen LogP contribution in [0.5, 0.6) is 0 Å². The molecular weight excluding hydrogens is 124 g/mol. The third kappa shape index (κ3) is 1.96. The molecule has 1 saturated carbocycles. The molecule has 1 aliphatic carbocycles. The van der Waals surface area contributed by atoms with Gasteiger partial charge >= 0.3 is 0 Å². The van der Waals surface area contributed by atoms with Crippen molar-refractivity contribution in [2.24, 2.45) is 11.7 Å². The van der Waals surface area contributed by atoms with Crippen molar-refractivity contribution < 1.29 is 0 Å². The fourth-order valence-electron chi connectivity index (χ4n) is 1.44. The van der Waals surface area contributed by atoms with Gasteiger partial charge < -0.3 is 10.6 Å². The van der Waals surface area contributed by atoms with Gasteiger partial charge in [0.1, 0.15) is 0 Å². The molecule has 1 rings (SSSR count). The lowest BCUT2D eigenvalue weighted by Gasteiger charge is -2.32. The van der Waals surface area contributed by atoms with Crippen molar-refractivity contribution in [1.29, 1.82) is 0 Å². The average molecular weight is 142 g/mol. The molecule has 0 saturated heterocycles. The molecule has 0 heterocycles. The van der Waals surface area contributed by atoms with Gasteiger partial charge in [-0.2, -0.15) is 0 Å². The molecule has 0 aromatic heterocycles. The maximum Gasteiger partial charge on any atom is 0.0196 e. The van der Waals surface area contributed by atoms with Gasteiger partial charge in [0.25, 0.3) is 0 Å². The Hall–Kier alpha value is -0.0800. The van der Waals surface area contributed by atoms with E-state index in [1.165, 1.54) is 19.3 Å². The Morgan fingerprint density at radius 2 is 2.10 bits per heavy atom. The van der Waals surface area contributed by atoms with Crippen LogP contribution in [0.1, 0.15) is 19.3 Å². The average Bonchev–Trinajstić information content (AvgIpc) is 1.55. The fraction of sp³-hybridized carbons (Fsp3) is 1.00. The maximum absolute atomic E-state index is 5.94. The van der Waals surface area contributed by atoms with E-state index in [1.807, 2.05) is 0 Å². The molecule has 0 radical (unpaired) electrons. The van der Waals surface area contributed by atoms with Crippen LogP contribution in [0.3, 0.4) is 0 Å². The Labute approximate surface area is 63.4 Å². The monoisotopic (exact) mass is 142 g/mol. The van der Waals surface area contributed by atoms with Gasteiger partial charge in [-0.05, 0) is 32.9 Å². The van der Waals surface area contributed by atoms with Crippen molar-refractivity contribution in [3.63, 3.8) is 0 Å². The first-order valence-corrected chi connectivity index (χ1v) is 4.10. The maximum atomic E-state index is 5.94. The van der Waals surface area contributed by atoms with Crippen molar-refractivity contribution in [3.05, 3.63) is 0 Å². The van der Waals surface area contributed by atoms with Gasteiger partial charge in [0, 0.05) is 12.6 Å². The van der Waals surface area contributed by atoms with E-state index in [2.05, 4.69) is 19.0 Å². The summed E-state index contributed by atoms with van der Waals surface area (Å²) >= 11 is 0. The highest BCUT2D eigenvalue weighted by Crippen LogP contribution is 2.28. The Morgan fingerprint density at radius 1 is 1.50 bits per heavy atom. The van der Waals surface area contributed by atoms with Crippen LogP contribution < -0.4 is 5.73 Å². The number of hydrogen-bond acceptors (Lipinski definition) is 2. The lowest BCUT2D eigenvalue weighted by molar-refractivity contribution is 0.222. The minimum Gasteiger partial charge on any atom is -0.326 e. The molecule has 2 heteroatoms. The first-order chi connectivity index (χ1) is 4.70. The van der Waals surface area contributed by atoms with Crippen molar-refractivity contribution in [3.8, 4) is 0 Å². The van der Waals surface area contributed by atoms with Crippen LogP contribution >= 0.6 is 0 Å². The van der Waals surface area contributed by atoms with Gasteiger partial charge in [0.2, 0.25) is 0 Å². The standard InChI is InChI=1S/C8H18N2/c1-10(2)6-8(9)7-4-3-5-7/h7-8H,3-6,9H2,1-2H3. The second kappa shape index (κ2) is 3.35. The molecule has 2 nitrogen and oxygen atoms in total. The predicted octanol–water partition coefficient (Wildman–Crippen LogP) is 0.675. The first kappa shape index (κ1) is 8.02. The Balaban J connectivity index is 2.13. The topological polar surface area (TPSA) is 29.3 Å². The molecule has 0 aromatic carbocycles. The van der Waals surface area contributed by atoms with Gasteiger partial charge in [-0.3, -0.25) is 0 Å². The van der Waals surface area contributed by atoms with E-state index < -0.39 is 0 Å². The number of nitrogens with zero attached hydrogens (tertiary/aromatic N) is 1. The summed E-state index contributed by atoms with van der Waals surface area (Å²) in [6.45, 7) is 1.05. The lowest BCUT2D eigenvalue weighted by Crippen LogP contribution is -2.42. The van der Waals surface area contributed by atoms with E-state index in [-0.39, 0.29) is 0 Å². The molecule has 1 atom stereocenters. The van der Waals surface area contributed by atoms with Crippen molar-refractivity contribution in [2.75, 3.05) is 20.6 Å². The summed E-state index contributed by atoms with van der Waals surface area (Å²) in [4.78, 5) is 2.17. The minimum absolute atomic E-state index is 0.420. The van der Waals surface area contributed by atoms with E-state index in [0.29, 0.717) is 6.04 Å². The summed E-state index contributed by atoms with van der Waals surface area (Å²) < 4.78 is 0. The third-order valence-corrected chi connectivity index (χ3v) is 2.33. The molecule has 60 valence electrons. The third-order valence-electron chi connectivity index (χ3n) is 2.33. The SMILES string of the molecule is CN(C)CC(N)C1CCC1. The van der Waals surface area contributed by atoms with Crippen LogP contribution in [0.25, 0.3) is 0 Å². The van der Waals surface area contributed by atoms with Crippen LogP contribution in [0, 0.1) is 5.92 Å². The van der Waals surface area contributed by atoms with Crippen molar-refractivity contribution in [2.45, 2.75) is 25.3 Å². The number of nitrogens with two attached hydrogens (primary N) is 1. The van der Waals surface area contributed by atoms with Gasteiger partial charge in [0.15, 0.2) is 0 Å². The molecule has 10 heavy (non-hydrogen) atoms. The highest BCUT2D eigenvalue weighted by molar-refractivity contribution is 4.81. The minimum atomic E-state index is 0.420. The lowest BCUT2D eigenvalue weighted by atomic mass is 9.80. The Kier molecular flexibility index (Phi) is 2.69. The molecule has 0 bridgehead atoms. The van der Waals surface area contributed by atoms with E-state index in [1.54, 1.807) is 0 Å². The van der Waals surface area contributed by atoms with Crippen LogP contribution in [-0.4, -0.2) is 31.6 Å². The van der Waals surface area contributed by atoms with Crippen LogP contribution in [0.2, 0.25) is 0 Å². The highest BCUT2D eigenvalue weighted by Gasteiger charge is 2.24. The van der Waals surface area contributed by atoms with Gasteiger partial charge in [0.05, 0.1) is 0 Å². The van der Waals surface area contributed by atoms with Gasteiger partial charge in [-0.25, -0.2) is 0 Å². The molecule has 1 fully saturated rings. The highest BCUT2D eigenvalue weighted by atomic mass is 15.1. The quantitative estimate of drug-likeness (QED) is 0.627. The van der Waals surface area contributed by atoms with Gasteiger partial charge in [-0.1, -0.05) is 6.42 Å². The molecule has 0 spiro atoms. The first-order valence-electron chi connectivity index (χ1n) is 4.10. The fourth-order valence-corrected chi connectivity index (χ4v) is 1.44. The molecular formula is C8H18N2. The summed E-state index contributed by atoms with van der Waals surface area (Å²) in [7, 11) is 4.16. The summed E-state index contributed by atoms with van der Waals surface area (Å²) in [5, 5.41) is 0. The molecule has 1 unspecified atom stereocenters. The zero-order valence-corrected chi connectivity index (χ0v) is 7.01. The van der Waals surface area contributed by atoms with E-state index in [4.69, 9.17) is 5.73 Å². The van der Waals surface area contributed by atoms with Crippen molar-refractivity contribution >= 4 is 0 Å². The predicted molar refractivity (Wildman–Crippen MR) is 43.9 cm³/mol. The van der Waals surface area contributed by atoms with E-state index in [0.717, 1.165) is 12.5 Å². The smallest absolute Gasteiger partial charge is 0.0196 e. The summed E-state index contributed by atoms with van der Waals surface area (Å²) in [6, 6.07) is 0.420. The summed E-state index contributed by atoms with van der Waals surface area (Å²) in [6.07, 6.45) is 4.11. The molecule has 2 N–H and O–H groups in total. The molecule has 0 aromatic rings. The van der Waals surface area contributed by atoms with E-state index in [9.17, 15) is 0 Å². The van der Waals surface area contributed by atoms with E-state index >= 15 is 0 Å². The van der Waals surface area contributed by atoms with Gasteiger partial charge in [-0.15, -0.1) is 0 Å². The van der Waals surface area contributed by atoms with Crippen LogP contribution in [0.4, 0.5) is 0 Å². The second-order valence-corrected chi connectivity index (χ2v) is 3.62. The number of rotatable bonds is 3. The Bertz CT molecular complexity index is 97.4. The molecule has 0 aliphatic heterocycles. The Morgan fingerprint density at radius 3 is 2.40 bits per heavy atom. The second-order valence-electron chi connectivity index (χ2n) is 3.62. The zero-order chi connectivity index (χ0) is 7.56. The number of likely N-dealkylation sites (N-methyl/N-ethyl adjacent to an activating group) is 1. The van der Waals surface area contributed by atoms with Crippen molar-refractivity contribution in [1.82, 2.24) is 4.90 Å². The molecule has 1 aliphatic rings. The van der Waals surface area contributed by atoms with Crippen LogP contribution in [-0.2, 0) is 0 Å². The summed E-state index contributed by atoms with van der Waals surface area (Å²) in [5.74, 6) is 0.822. The molecule has 0 amide bonds. The normalized spacial score (nSPS) is 22.8. The largest absolute Gasteiger partial charge is 0.326 e. The summed E-state index contributed by atoms with van der Waals surface area (Å²) in [5.41, 5.74) is 5.94. The zero-order valence-electron chi connectivity index (χ0n) is 7.01.